The second kappa shape index (κ2) is 5.73. The molecule has 1 aromatic carbocycles. The average Bonchev–Trinajstić information content (AvgIpc) is 2.41. The maximum atomic E-state index is 5.84. The Morgan fingerprint density at radius 3 is 2.65 bits per heavy atom. The fourth-order valence-electron chi connectivity index (χ4n) is 2.98. The minimum absolute atomic E-state index is 0.0343. The lowest BCUT2D eigenvalue weighted by molar-refractivity contribution is 0.414. The Balaban J connectivity index is 2.03. The summed E-state index contributed by atoms with van der Waals surface area (Å²) in [6, 6.07) is 12.6. The molecule has 1 heterocycles. The third kappa shape index (κ3) is 2.35. The Morgan fingerprint density at radius 2 is 2.00 bits per heavy atom. The van der Waals surface area contributed by atoms with Gasteiger partial charge in [0.2, 0.25) is 0 Å². The lowest BCUT2D eigenvalue weighted by Gasteiger charge is -2.30. The van der Waals surface area contributed by atoms with E-state index in [0.717, 1.165) is 5.69 Å². The van der Waals surface area contributed by atoms with E-state index in [-0.39, 0.29) is 6.04 Å². The molecule has 1 aliphatic carbocycles. The first kappa shape index (κ1) is 13.3. The number of rotatable bonds is 4. The van der Waals surface area contributed by atoms with Gasteiger partial charge in [0.25, 0.3) is 0 Å². The molecule has 1 atom stereocenters. The Morgan fingerprint density at radius 1 is 1.20 bits per heavy atom. The first-order chi connectivity index (χ1) is 9.81. The highest BCUT2D eigenvalue weighted by molar-refractivity contribution is 5.39. The zero-order valence-electron chi connectivity index (χ0n) is 11.8. The van der Waals surface area contributed by atoms with Crippen LogP contribution in [0.2, 0.25) is 0 Å². The van der Waals surface area contributed by atoms with Crippen LogP contribution < -0.4 is 11.3 Å². The van der Waals surface area contributed by atoms with E-state index in [2.05, 4.69) is 47.7 Å². The van der Waals surface area contributed by atoms with E-state index in [0.29, 0.717) is 5.92 Å². The quantitative estimate of drug-likeness (QED) is 0.660. The summed E-state index contributed by atoms with van der Waals surface area (Å²) >= 11 is 0. The Hall–Kier alpha value is -1.71. The number of benzene rings is 1. The zero-order chi connectivity index (χ0) is 13.9. The van der Waals surface area contributed by atoms with Crippen molar-refractivity contribution in [3.05, 3.63) is 65.0 Å². The van der Waals surface area contributed by atoms with Gasteiger partial charge in [-0.15, -0.1) is 0 Å². The average molecular weight is 267 g/mol. The summed E-state index contributed by atoms with van der Waals surface area (Å²) in [5.41, 5.74) is 7.83. The van der Waals surface area contributed by atoms with E-state index >= 15 is 0 Å². The molecule has 1 aromatic heterocycles. The predicted octanol–water partition coefficient (Wildman–Crippen LogP) is 3.21. The number of nitrogens with zero attached hydrogens (tertiary/aromatic N) is 1. The molecule has 1 fully saturated rings. The third-order valence-electron chi connectivity index (χ3n) is 4.34. The highest BCUT2D eigenvalue weighted by atomic mass is 15.2. The second-order valence-corrected chi connectivity index (χ2v) is 5.56. The maximum Gasteiger partial charge on any atom is 0.0886 e. The van der Waals surface area contributed by atoms with Gasteiger partial charge in [-0.25, -0.2) is 5.43 Å². The van der Waals surface area contributed by atoms with Crippen molar-refractivity contribution < 1.29 is 0 Å². The van der Waals surface area contributed by atoms with Crippen LogP contribution in [0.4, 0.5) is 0 Å². The number of nitrogens with two attached hydrogens (primary N) is 1. The third-order valence-corrected chi connectivity index (χ3v) is 4.34. The van der Waals surface area contributed by atoms with Crippen LogP contribution in [0, 0.1) is 6.92 Å². The number of hydrogen-bond acceptors (Lipinski definition) is 3. The van der Waals surface area contributed by atoms with Crippen molar-refractivity contribution >= 4 is 0 Å². The second-order valence-electron chi connectivity index (χ2n) is 5.56. The first-order valence-electron chi connectivity index (χ1n) is 7.27. The molecule has 1 unspecified atom stereocenters. The fraction of sp³-hybridized carbons (Fsp3) is 0.353. The van der Waals surface area contributed by atoms with E-state index in [9.17, 15) is 0 Å². The summed E-state index contributed by atoms with van der Waals surface area (Å²) in [4.78, 5) is 4.53. The fourth-order valence-corrected chi connectivity index (χ4v) is 2.98. The first-order valence-corrected chi connectivity index (χ1v) is 7.27. The van der Waals surface area contributed by atoms with Crippen LogP contribution in [0.5, 0.6) is 0 Å². The van der Waals surface area contributed by atoms with Crippen molar-refractivity contribution in [1.29, 1.82) is 0 Å². The summed E-state index contributed by atoms with van der Waals surface area (Å²) in [5.74, 6) is 6.53. The van der Waals surface area contributed by atoms with Crippen LogP contribution >= 0.6 is 0 Å². The Bertz CT molecular complexity index is 590. The van der Waals surface area contributed by atoms with E-state index in [1.54, 1.807) is 0 Å². The molecule has 3 nitrogen and oxygen atoms in total. The van der Waals surface area contributed by atoms with Crippen molar-refractivity contribution in [2.45, 2.75) is 38.1 Å². The van der Waals surface area contributed by atoms with Gasteiger partial charge in [-0.1, -0.05) is 36.8 Å². The lowest BCUT2D eigenvalue weighted by atomic mass is 9.77. The van der Waals surface area contributed by atoms with E-state index < -0.39 is 0 Å². The van der Waals surface area contributed by atoms with Crippen molar-refractivity contribution in [3.63, 3.8) is 0 Å². The Kier molecular flexibility index (Phi) is 3.81. The highest BCUT2D eigenvalue weighted by Gasteiger charge is 2.26. The highest BCUT2D eigenvalue weighted by Crippen LogP contribution is 2.40. The molecule has 3 N–H and O–H groups in total. The minimum atomic E-state index is -0.0343. The van der Waals surface area contributed by atoms with Gasteiger partial charge in [0.05, 0.1) is 11.7 Å². The molecule has 3 rings (SSSR count). The summed E-state index contributed by atoms with van der Waals surface area (Å²) in [6.45, 7) is 2.08. The molecule has 0 aliphatic heterocycles. The number of hydrazine groups is 1. The number of pyridine rings is 1. The van der Waals surface area contributed by atoms with Gasteiger partial charge in [0.1, 0.15) is 0 Å². The van der Waals surface area contributed by atoms with Gasteiger partial charge >= 0.3 is 0 Å². The summed E-state index contributed by atoms with van der Waals surface area (Å²) < 4.78 is 0. The van der Waals surface area contributed by atoms with Crippen molar-refractivity contribution in [2.24, 2.45) is 5.84 Å². The Labute approximate surface area is 120 Å². The largest absolute Gasteiger partial charge is 0.271 e. The van der Waals surface area contributed by atoms with Crippen LogP contribution in [0.25, 0.3) is 0 Å². The van der Waals surface area contributed by atoms with Gasteiger partial charge in [0.15, 0.2) is 0 Å². The smallest absolute Gasteiger partial charge is 0.0886 e. The van der Waals surface area contributed by atoms with Crippen LogP contribution in [-0.4, -0.2) is 4.98 Å². The lowest BCUT2D eigenvalue weighted by Crippen LogP contribution is -2.31. The molecule has 20 heavy (non-hydrogen) atoms. The molecule has 1 saturated carbocycles. The van der Waals surface area contributed by atoms with Crippen LogP contribution in [0.3, 0.4) is 0 Å². The topological polar surface area (TPSA) is 50.9 Å². The maximum absolute atomic E-state index is 5.84. The molecule has 0 amide bonds. The summed E-state index contributed by atoms with van der Waals surface area (Å²) in [7, 11) is 0. The normalized spacial score (nSPS) is 16.7. The molecule has 0 bridgehead atoms. The summed E-state index contributed by atoms with van der Waals surface area (Å²) in [5, 5.41) is 0. The molecule has 0 radical (unpaired) electrons. The van der Waals surface area contributed by atoms with Gasteiger partial charge in [-0.05, 0) is 48.4 Å². The van der Waals surface area contributed by atoms with E-state index in [1.807, 2.05) is 12.3 Å². The van der Waals surface area contributed by atoms with E-state index in [1.165, 1.54) is 36.0 Å². The molecular weight excluding hydrogens is 246 g/mol. The SMILES string of the molecule is Cc1cccnc1C(NN)c1ccccc1C1CCC1. The van der Waals surface area contributed by atoms with Crippen LogP contribution in [0.1, 0.15) is 53.6 Å². The van der Waals surface area contributed by atoms with Crippen LogP contribution in [0.15, 0.2) is 42.6 Å². The molecule has 0 saturated heterocycles. The van der Waals surface area contributed by atoms with Crippen molar-refractivity contribution in [3.8, 4) is 0 Å². The monoisotopic (exact) mass is 267 g/mol. The van der Waals surface area contributed by atoms with Gasteiger partial charge in [0, 0.05) is 6.20 Å². The predicted molar refractivity (Wildman–Crippen MR) is 81.2 cm³/mol. The zero-order valence-corrected chi connectivity index (χ0v) is 11.8. The van der Waals surface area contributed by atoms with Crippen molar-refractivity contribution in [1.82, 2.24) is 10.4 Å². The molecule has 3 heteroatoms. The molecule has 0 spiro atoms. The van der Waals surface area contributed by atoms with Gasteiger partial charge < -0.3 is 0 Å². The summed E-state index contributed by atoms with van der Waals surface area (Å²) in [6.07, 6.45) is 5.74. The van der Waals surface area contributed by atoms with Gasteiger partial charge in [-0.2, -0.15) is 0 Å². The molecular formula is C17H21N3. The number of hydrogen-bond donors (Lipinski definition) is 2. The minimum Gasteiger partial charge on any atom is -0.271 e. The number of aromatic nitrogens is 1. The molecule has 1 aliphatic rings. The van der Waals surface area contributed by atoms with Crippen molar-refractivity contribution in [2.75, 3.05) is 0 Å². The number of nitrogens with one attached hydrogen (secondary N) is 1. The van der Waals surface area contributed by atoms with Gasteiger partial charge in [-0.3, -0.25) is 10.8 Å². The van der Waals surface area contributed by atoms with Crippen LogP contribution in [-0.2, 0) is 0 Å². The molecule has 104 valence electrons. The molecule has 2 aromatic rings. The standard InChI is InChI=1S/C17H21N3/c1-12-6-5-11-19-16(12)17(20-18)15-10-3-2-9-14(15)13-7-4-8-13/h2-3,5-6,9-11,13,17,20H,4,7-8,18H2,1H3. The number of aryl methyl sites for hydroxylation is 1. The van der Waals surface area contributed by atoms with E-state index in [4.69, 9.17) is 5.84 Å².